The molecule has 5 heteroatoms. The Kier molecular flexibility index (Phi) is 4.45. The van der Waals surface area contributed by atoms with E-state index >= 15 is 0 Å². The largest absolute Gasteiger partial charge is 0.397 e. The molecule has 2 rings (SSSR count). The quantitative estimate of drug-likeness (QED) is 0.651. The predicted octanol–water partition coefficient (Wildman–Crippen LogP) is 3.75. The first-order valence-electron chi connectivity index (χ1n) is 5.56. The molecule has 96 valence electrons. The third kappa shape index (κ3) is 3.14. The molecule has 0 aliphatic heterocycles. The van der Waals surface area contributed by atoms with Gasteiger partial charge in [-0.1, -0.05) is 6.07 Å². The Morgan fingerprint density at radius 2 is 2.22 bits per heavy atom. The van der Waals surface area contributed by atoms with E-state index in [0.717, 1.165) is 18.7 Å². The number of thiophene rings is 1. The zero-order chi connectivity index (χ0) is 13.1. The van der Waals surface area contributed by atoms with Gasteiger partial charge in [-0.25, -0.2) is 4.39 Å². The number of halogens is 2. The third-order valence-electron chi connectivity index (χ3n) is 2.75. The van der Waals surface area contributed by atoms with Crippen LogP contribution in [0, 0.1) is 9.39 Å². The monoisotopic (exact) mass is 376 g/mol. The molecule has 0 fully saturated rings. The lowest BCUT2D eigenvalue weighted by Crippen LogP contribution is -2.21. The molecule has 0 amide bonds. The molecule has 0 radical (unpaired) electrons. The molecular weight excluding hydrogens is 362 g/mol. The lowest BCUT2D eigenvalue weighted by molar-refractivity contribution is 0.620. The van der Waals surface area contributed by atoms with Gasteiger partial charge in [0.2, 0.25) is 0 Å². The lowest BCUT2D eigenvalue weighted by atomic mass is 10.2. The highest BCUT2D eigenvalue weighted by Crippen LogP contribution is 2.27. The molecule has 0 saturated carbocycles. The first kappa shape index (κ1) is 13.6. The molecule has 1 heterocycles. The van der Waals surface area contributed by atoms with Gasteiger partial charge >= 0.3 is 0 Å². The molecule has 0 unspecified atom stereocenters. The van der Waals surface area contributed by atoms with Crippen molar-refractivity contribution in [2.24, 2.45) is 0 Å². The summed E-state index contributed by atoms with van der Waals surface area (Å²) in [5.74, 6) is -0.220. The fraction of sp³-hybridized carbons (Fsp3) is 0.231. The molecule has 2 nitrogen and oxygen atoms in total. The van der Waals surface area contributed by atoms with Crippen LogP contribution in [0.15, 0.2) is 29.6 Å². The topological polar surface area (TPSA) is 29.3 Å². The van der Waals surface area contributed by atoms with E-state index in [4.69, 9.17) is 5.73 Å². The van der Waals surface area contributed by atoms with Gasteiger partial charge in [0.05, 0.1) is 14.9 Å². The van der Waals surface area contributed by atoms with Crippen molar-refractivity contribution in [3.8, 4) is 0 Å². The predicted molar refractivity (Wildman–Crippen MR) is 84.8 cm³/mol. The minimum absolute atomic E-state index is 0.220. The fourth-order valence-electron chi connectivity index (χ4n) is 1.74. The van der Waals surface area contributed by atoms with E-state index < -0.39 is 0 Å². The van der Waals surface area contributed by atoms with Crippen molar-refractivity contribution in [1.29, 1.82) is 0 Å². The maximum Gasteiger partial charge on any atom is 0.138 e. The van der Waals surface area contributed by atoms with Crippen LogP contribution < -0.4 is 10.6 Å². The number of benzene rings is 1. The van der Waals surface area contributed by atoms with Crippen LogP contribution in [-0.2, 0) is 6.42 Å². The van der Waals surface area contributed by atoms with Crippen LogP contribution >= 0.6 is 33.9 Å². The number of rotatable bonds is 4. The van der Waals surface area contributed by atoms with E-state index in [1.54, 1.807) is 17.4 Å². The Morgan fingerprint density at radius 1 is 1.44 bits per heavy atom. The summed E-state index contributed by atoms with van der Waals surface area (Å²) in [5, 5.41) is 2.06. The Labute approximate surface area is 124 Å². The Morgan fingerprint density at radius 3 is 2.89 bits per heavy atom. The number of hydrogen-bond acceptors (Lipinski definition) is 3. The summed E-state index contributed by atoms with van der Waals surface area (Å²) >= 11 is 3.68. The summed E-state index contributed by atoms with van der Waals surface area (Å²) in [6.45, 7) is 0.824. The number of hydrogen-bond donors (Lipinski definition) is 1. The first-order valence-corrected chi connectivity index (χ1v) is 7.52. The SMILES string of the molecule is CN(CCc1cccs1)c1cc(F)c(I)cc1N. The summed E-state index contributed by atoms with van der Waals surface area (Å²) in [6, 6.07) is 7.33. The van der Waals surface area contributed by atoms with Crippen LogP contribution in [0.4, 0.5) is 15.8 Å². The average Bonchev–Trinajstić information content (AvgIpc) is 2.84. The van der Waals surface area contributed by atoms with Crippen LogP contribution in [0.5, 0.6) is 0 Å². The molecule has 18 heavy (non-hydrogen) atoms. The van der Waals surface area contributed by atoms with Gasteiger partial charge in [0.25, 0.3) is 0 Å². The second kappa shape index (κ2) is 5.88. The molecule has 0 atom stereocenters. The third-order valence-corrected chi connectivity index (χ3v) is 4.52. The normalized spacial score (nSPS) is 10.6. The van der Waals surface area contributed by atoms with Crippen LogP contribution in [0.25, 0.3) is 0 Å². The Balaban J connectivity index is 2.09. The average molecular weight is 376 g/mol. The van der Waals surface area contributed by atoms with Gasteiger partial charge in [-0.15, -0.1) is 11.3 Å². The molecule has 1 aromatic heterocycles. The van der Waals surface area contributed by atoms with E-state index in [-0.39, 0.29) is 5.82 Å². The van der Waals surface area contributed by atoms with Crippen molar-refractivity contribution in [1.82, 2.24) is 0 Å². The van der Waals surface area contributed by atoms with Crippen molar-refractivity contribution in [3.05, 3.63) is 43.9 Å². The van der Waals surface area contributed by atoms with Crippen LogP contribution in [0.2, 0.25) is 0 Å². The Hall–Kier alpha value is -0.820. The lowest BCUT2D eigenvalue weighted by Gasteiger charge is -2.21. The summed E-state index contributed by atoms with van der Waals surface area (Å²) < 4.78 is 14.1. The van der Waals surface area contributed by atoms with Crippen LogP contribution in [0.1, 0.15) is 4.88 Å². The van der Waals surface area contributed by atoms with Gasteiger partial charge in [0.15, 0.2) is 0 Å². The van der Waals surface area contributed by atoms with Gasteiger partial charge < -0.3 is 10.6 Å². The summed E-state index contributed by atoms with van der Waals surface area (Å²) in [7, 11) is 1.94. The van der Waals surface area contributed by atoms with Gasteiger partial charge in [0.1, 0.15) is 5.82 Å². The maximum absolute atomic E-state index is 13.5. The summed E-state index contributed by atoms with van der Waals surface area (Å²) in [5.41, 5.74) is 7.30. The number of nitrogens with zero attached hydrogens (tertiary/aromatic N) is 1. The summed E-state index contributed by atoms with van der Waals surface area (Å²) in [6.07, 6.45) is 0.946. The maximum atomic E-state index is 13.5. The number of nitrogen functional groups attached to an aromatic ring is 1. The Bertz CT molecular complexity index is 528. The minimum atomic E-state index is -0.220. The van der Waals surface area contributed by atoms with E-state index in [2.05, 4.69) is 11.4 Å². The molecule has 0 aliphatic carbocycles. The molecule has 0 bridgehead atoms. The van der Waals surface area contributed by atoms with Crippen LogP contribution in [-0.4, -0.2) is 13.6 Å². The first-order chi connectivity index (χ1) is 8.58. The molecule has 2 N–H and O–H groups in total. The van der Waals surface area contributed by atoms with Crippen molar-refractivity contribution in [3.63, 3.8) is 0 Å². The smallest absolute Gasteiger partial charge is 0.138 e. The minimum Gasteiger partial charge on any atom is -0.397 e. The number of likely N-dealkylation sites (N-methyl/N-ethyl adjacent to an activating group) is 1. The fourth-order valence-corrected chi connectivity index (χ4v) is 2.92. The second-order valence-electron chi connectivity index (χ2n) is 4.08. The number of nitrogens with two attached hydrogens (primary N) is 1. The zero-order valence-corrected chi connectivity index (χ0v) is 13.0. The van der Waals surface area contributed by atoms with Crippen molar-refractivity contribution in [2.75, 3.05) is 24.2 Å². The molecule has 2 aromatic rings. The van der Waals surface area contributed by atoms with Gasteiger partial charge in [-0.3, -0.25) is 0 Å². The standard InChI is InChI=1S/C13H14FIN2S/c1-17(5-4-9-3-2-6-18-9)13-7-10(14)11(15)8-12(13)16/h2-3,6-8H,4-5,16H2,1H3. The molecule has 0 aliphatic rings. The van der Waals surface area contributed by atoms with Gasteiger partial charge in [0, 0.05) is 24.5 Å². The van der Waals surface area contributed by atoms with Gasteiger partial charge in [-0.2, -0.15) is 0 Å². The molecule has 0 spiro atoms. The number of anilines is 2. The molecule has 0 saturated heterocycles. The van der Waals surface area contributed by atoms with Gasteiger partial charge in [-0.05, 0) is 46.5 Å². The molecule has 1 aromatic carbocycles. The van der Waals surface area contributed by atoms with E-state index in [0.29, 0.717) is 9.26 Å². The van der Waals surface area contributed by atoms with E-state index in [1.165, 1.54) is 10.9 Å². The zero-order valence-electron chi connectivity index (χ0n) is 9.99. The second-order valence-corrected chi connectivity index (χ2v) is 6.27. The van der Waals surface area contributed by atoms with Crippen molar-refractivity contribution >= 4 is 45.3 Å². The highest BCUT2D eigenvalue weighted by molar-refractivity contribution is 14.1. The highest BCUT2D eigenvalue weighted by Gasteiger charge is 2.10. The van der Waals surface area contributed by atoms with Crippen LogP contribution in [0.3, 0.4) is 0 Å². The summed E-state index contributed by atoms with van der Waals surface area (Å²) in [4.78, 5) is 3.32. The highest BCUT2D eigenvalue weighted by atomic mass is 127. The van der Waals surface area contributed by atoms with E-state index in [9.17, 15) is 4.39 Å². The van der Waals surface area contributed by atoms with Crippen molar-refractivity contribution < 1.29 is 4.39 Å². The van der Waals surface area contributed by atoms with Crippen molar-refractivity contribution in [2.45, 2.75) is 6.42 Å². The van der Waals surface area contributed by atoms with E-state index in [1.807, 2.05) is 40.6 Å². The molecular formula is C13H14FIN2S.